The Kier molecular flexibility index (Phi) is 3.55. The van der Waals surface area contributed by atoms with E-state index in [1.54, 1.807) is 18.2 Å². The molecule has 0 spiro atoms. The van der Waals surface area contributed by atoms with E-state index in [-0.39, 0.29) is 5.56 Å². The molecule has 0 radical (unpaired) electrons. The van der Waals surface area contributed by atoms with Gasteiger partial charge < -0.3 is 15.7 Å². The van der Waals surface area contributed by atoms with Crippen LogP contribution in [0.2, 0.25) is 0 Å². The number of nitrogens with zero attached hydrogens (tertiary/aromatic N) is 1. The molecular weight excluding hydrogens is 192 g/mol. The van der Waals surface area contributed by atoms with Crippen LogP contribution >= 0.6 is 0 Å². The zero-order chi connectivity index (χ0) is 11.4. The summed E-state index contributed by atoms with van der Waals surface area (Å²) in [7, 11) is 0. The number of hydrogen-bond acceptors (Lipinski definition) is 3. The van der Waals surface area contributed by atoms with Crippen LogP contribution in [0.3, 0.4) is 0 Å². The number of anilines is 2. The van der Waals surface area contributed by atoms with Crippen molar-refractivity contribution < 1.29 is 9.90 Å². The molecule has 0 aliphatic heterocycles. The van der Waals surface area contributed by atoms with E-state index < -0.39 is 5.97 Å². The Balaban J connectivity index is 3.27. The zero-order valence-electron chi connectivity index (χ0n) is 9.03. The van der Waals surface area contributed by atoms with Crippen molar-refractivity contribution in [3.8, 4) is 0 Å². The molecular formula is C11H16N2O2. The fourth-order valence-electron chi connectivity index (χ4n) is 1.62. The van der Waals surface area contributed by atoms with Gasteiger partial charge in [-0.15, -0.1) is 0 Å². The Morgan fingerprint density at radius 1 is 1.40 bits per heavy atom. The summed E-state index contributed by atoms with van der Waals surface area (Å²) in [5, 5.41) is 9.08. The molecule has 1 aromatic rings. The van der Waals surface area contributed by atoms with E-state index in [0.717, 1.165) is 13.1 Å². The Hall–Kier alpha value is -1.71. The van der Waals surface area contributed by atoms with Crippen LogP contribution in [0, 0.1) is 0 Å². The Morgan fingerprint density at radius 2 is 2.00 bits per heavy atom. The maximum Gasteiger partial charge on any atom is 0.339 e. The molecule has 3 N–H and O–H groups in total. The average molecular weight is 208 g/mol. The van der Waals surface area contributed by atoms with Crippen LogP contribution in [-0.2, 0) is 0 Å². The van der Waals surface area contributed by atoms with Crippen LogP contribution < -0.4 is 10.6 Å². The third-order valence-electron chi connectivity index (χ3n) is 2.39. The summed E-state index contributed by atoms with van der Waals surface area (Å²) in [6.07, 6.45) is 0. The molecule has 4 heteroatoms. The minimum absolute atomic E-state index is 0.196. The molecule has 0 aliphatic rings. The fourth-order valence-corrected chi connectivity index (χ4v) is 1.62. The highest BCUT2D eigenvalue weighted by Gasteiger charge is 2.16. The number of nitrogens with two attached hydrogens (primary N) is 1. The summed E-state index contributed by atoms with van der Waals surface area (Å²) >= 11 is 0. The van der Waals surface area contributed by atoms with Gasteiger partial charge >= 0.3 is 5.97 Å². The lowest BCUT2D eigenvalue weighted by Gasteiger charge is -2.23. The second-order valence-corrected chi connectivity index (χ2v) is 3.22. The Labute approximate surface area is 89.3 Å². The molecule has 0 saturated heterocycles. The van der Waals surface area contributed by atoms with Gasteiger partial charge in [-0.25, -0.2) is 4.79 Å². The summed E-state index contributed by atoms with van der Waals surface area (Å²) in [5.74, 6) is -0.977. The van der Waals surface area contributed by atoms with Crippen molar-refractivity contribution in [1.82, 2.24) is 0 Å². The lowest BCUT2D eigenvalue weighted by atomic mass is 10.1. The van der Waals surface area contributed by atoms with E-state index in [4.69, 9.17) is 10.8 Å². The van der Waals surface area contributed by atoms with Crippen LogP contribution in [0.1, 0.15) is 24.2 Å². The van der Waals surface area contributed by atoms with Crippen molar-refractivity contribution in [2.24, 2.45) is 0 Å². The summed E-state index contributed by atoms with van der Waals surface area (Å²) in [5.41, 5.74) is 6.86. The van der Waals surface area contributed by atoms with Gasteiger partial charge in [0, 0.05) is 18.8 Å². The lowest BCUT2D eigenvalue weighted by molar-refractivity contribution is 0.0698. The van der Waals surface area contributed by atoms with Gasteiger partial charge in [0.05, 0.1) is 5.69 Å². The number of nitrogen functional groups attached to an aromatic ring is 1. The van der Waals surface area contributed by atoms with Crippen molar-refractivity contribution in [3.63, 3.8) is 0 Å². The summed E-state index contributed by atoms with van der Waals surface area (Å²) in [6.45, 7) is 5.50. The molecule has 15 heavy (non-hydrogen) atoms. The van der Waals surface area contributed by atoms with Gasteiger partial charge in [0.2, 0.25) is 0 Å². The van der Waals surface area contributed by atoms with Crippen LogP contribution in [0.15, 0.2) is 18.2 Å². The predicted molar refractivity (Wildman–Crippen MR) is 61.4 cm³/mol. The number of hydrogen-bond donors (Lipinski definition) is 2. The monoisotopic (exact) mass is 208 g/mol. The maximum atomic E-state index is 11.1. The SMILES string of the molecule is CCN(CC)c1cccc(N)c1C(=O)O. The van der Waals surface area contributed by atoms with E-state index in [1.165, 1.54) is 0 Å². The lowest BCUT2D eigenvalue weighted by Crippen LogP contribution is -2.24. The molecule has 0 aliphatic carbocycles. The van der Waals surface area contributed by atoms with Gasteiger partial charge in [0.15, 0.2) is 0 Å². The van der Waals surface area contributed by atoms with E-state index in [0.29, 0.717) is 11.4 Å². The number of carboxylic acid groups (broad SMARTS) is 1. The highest BCUT2D eigenvalue weighted by Crippen LogP contribution is 2.25. The fraction of sp³-hybridized carbons (Fsp3) is 0.364. The highest BCUT2D eigenvalue weighted by molar-refractivity contribution is 6.00. The van der Waals surface area contributed by atoms with E-state index in [1.807, 2.05) is 18.7 Å². The normalized spacial score (nSPS) is 10.0. The van der Waals surface area contributed by atoms with Crippen molar-refractivity contribution in [2.75, 3.05) is 23.7 Å². The minimum atomic E-state index is -0.977. The first-order valence-electron chi connectivity index (χ1n) is 4.98. The van der Waals surface area contributed by atoms with E-state index in [9.17, 15) is 4.79 Å². The quantitative estimate of drug-likeness (QED) is 0.740. The molecule has 0 saturated carbocycles. The van der Waals surface area contributed by atoms with E-state index in [2.05, 4.69) is 0 Å². The van der Waals surface area contributed by atoms with Gasteiger partial charge in [-0.2, -0.15) is 0 Å². The molecule has 0 fully saturated rings. The zero-order valence-corrected chi connectivity index (χ0v) is 9.03. The molecule has 1 rings (SSSR count). The maximum absolute atomic E-state index is 11.1. The Bertz CT molecular complexity index is 360. The molecule has 4 nitrogen and oxygen atoms in total. The molecule has 0 bridgehead atoms. The van der Waals surface area contributed by atoms with Crippen molar-refractivity contribution in [1.29, 1.82) is 0 Å². The van der Waals surface area contributed by atoms with Crippen molar-refractivity contribution in [3.05, 3.63) is 23.8 Å². The number of benzene rings is 1. The molecule has 0 atom stereocenters. The highest BCUT2D eigenvalue weighted by atomic mass is 16.4. The first-order valence-corrected chi connectivity index (χ1v) is 4.98. The molecule has 0 unspecified atom stereocenters. The number of carbonyl (C=O) groups is 1. The second-order valence-electron chi connectivity index (χ2n) is 3.22. The molecule has 0 heterocycles. The number of carboxylic acids is 1. The molecule has 82 valence electrons. The molecule has 1 aromatic carbocycles. The molecule has 0 aromatic heterocycles. The first-order chi connectivity index (χ1) is 7.11. The van der Waals surface area contributed by atoms with Gasteiger partial charge in [-0.1, -0.05) is 6.07 Å². The average Bonchev–Trinajstić information content (AvgIpc) is 2.19. The largest absolute Gasteiger partial charge is 0.478 e. The Morgan fingerprint density at radius 3 is 2.47 bits per heavy atom. The van der Waals surface area contributed by atoms with Crippen LogP contribution in [-0.4, -0.2) is 24.2 Å². The predicted octanol–water partition coefficient (Wildman–Crippen LogP) is 1.81. The number of rotatable bonds is 4. The summed E-state index contributed by atoms with van der Waals surface area (Å²) < 4.78 is 0. The summed E-state index contributed by atoms with van der Waals surface area (Å²) in [4.78, 5) is 13.0. The van der Waals surface area contributed by atoms with Crippen molar-refractivity contribution in [2.45, 2.75) is 13.8 Å². The third-order valence-corrected chi connectivity index (χ3v) is 2.39. The van der Waals surface area contributed by atoms with Crippen LogP contribution in [0.4, 0.5) is 11.4 Å². The second kappa shape index (κ2) is 4.68. The standard InChI is InChI=1S/C11H16N2O2/c1-3-13(4-2)9-7-5-6-8(12)10(9)11(14)15/h5-7H,3-4,12H2,1-2H3,(H,14,15). The van der Waals surface area contributed by atoms with Gasteiger partial charge in [0.1, 0.15) is 5.56 Å². The van der Waals surface area contributed by atoms with Gasteiger partial charge in [0.25, 0.3) is 0 Å². The topological polar surface area (TPSA) is 66.6 Å². The van der Waals surface area contributed by atoms with Crippen LogP contribution in [0.5, 0.6) is 0 Å². The summed E-state index contributed by atoms with van der Waals surface area (Å²) in [6, 6.07) is 5.17. The first kappa shape index (κ1) is 11.4. The number of aromatic carboxylic acids is 1. The smallest absolute Gasteiger partial charge is 0.339 e. The van der Waals surface area contributed by atoms with Crippen molar-refractivity contribution >= 4 is 17.3 Å². The van der Waals surface area contributed by atoms with Gasteiger partial charge in [-0.3, -0.25) is 0 Å². The van der Waals surface area contributed by atoms with E-state index >= 15 is 0 Å². The van der Waals surface area contributed by atoms with Crippen LogP contribution in [0.25, 0.3) is 0 Å². The molecule has 0 amide bonds. The minimum Gasteiger partial charge on any atom is -0.478 e. The van der Waals surface area contributed by atoms with Gasteiger partial charge in [-0.05, 0) is 26.0 Å². The third kappa shape index (κ3) is 2.21.